The molecule has 1 N–H and O–H groups in total. The molecule has 1 amide bonds. The number of amides is 1. The number of carbonyl (C=O) groups is 1. The van der Waals surface area contributed by atoms with E-state index in [4.69, 9.17) is 27.9 Å². The molecule has 1 aliphatic heterocycles. The monoisotopic (exact) mass is 374 g/mol. The maximum absolute atomic E-state index is 11.9. The summed E-state index contributed by atoms with van der Waals surface area (Å²) in [4.78, 5) is 22.1. The lowest BCUT2D eigenvalue weighted by molar-refractivity contribution is 0.0492. The Kier molecular flexibility index (Phi) is 6.66. The third-order valence-corrected chi connectivity index (χ3v) is 4.30. The highest BCUT2D eigenvalue weighted by molar-refractivity contribution is 6.32. The van der Waals surface area contributed by atoms with Gasteiger partial charge in [0.05, 0.1) is 0 Å². The molecule has 1 aromatic heterocycles. The van der Waals surface area contributed by atoms with Gasteiger partial charge >= 0.3 is 6.09 Å². The van der Waals surface area contributed by atoms with Crippen LogP contribution in [-0.4, -0.2) is 45.7 Å². The standard InChI is InChI=1S/C16H24Cl2N4O2/c1-16(2,3)24-15(23)20-9-12-6-4-5-7-22(12)10-11-8-19-14(18)21-13(11)17/h8,12H,4-7,9-10H2,1-3H3,(H,20,23). The largest absolute Gasteiger partial charge is 0.444 e. The van der Waals surface area contributed by atoms with Gasteiger partial charge in [-0.05, 0) is 51.8 Å². The van der Waals surface area contributed by atoms with E-state index in [9.17, 15) is 4.79 Å². The Morgan fingerprint density at radius 2 is 2.17 bits per heavy atom. The molecule has 0 aromatic carbocycles. The summed E-state index contributed by atoms with van der Waals surface area (Å²) < 4.78 is 5.29. The van der Waals surface area contributed by atoms with Gasteiger partial charge in [-0.3, -0.25) is 4.90 Å². The lowest BCUT2D eigenvalue weighted by Crippen LogP contribution is -2.47. The molecule has 2 rings (SSSR count). The lowest BCUT2D eigenvalue weighted by atomic mass is 10.0. The number of rotatable bonds is 4. The van der Waals surface area contributed by atoms with Crippen molar-refractivity contribution in [2.24, 2.45) is 0 Å². The van der Waals surface area contributed by atoms with Gasteiger partial charge in [0.1, 0.15) is 10.8 Å². The number of hydrogen-bond donors (Lipinski definition) is 1. The Hall–Kier alpha value is -1.11. The first kappa shape index (κ1) is 19.2. The molecule has 0 bridgehead atoms. The zero-order chi connectivity index (χ0) is 17.7. The zero-order valence-electron chi connectivity index (χ0n) is 14.3. The predicted octanol–water partition coefficient (Wildman–Crippen LogP) is 3.66. The van der Waals surface area contributed by atoms with E-state index in [2.05, 4.69) is 20.2 Å². The van der Waals surface area contributed by atoms with Crippen molar-refractivity contribution in [1.29, 1.82) is 0 Å². The number of aromatic nitrogens is 2. The van der Waals surface area contributed by atoms with Crippen LogP contribution >= 0.6 is 23.2 Å². The first-order valence-electron chi connectivity index (χ1n) is 8.12. The summed E-state index contributed by atoms with van der Waals surface area (Å²) in [7, 11) is 0. The van der Waals surface area contributed by atoms with Gasteiger partial charge in [-0.25, -0.2) is 14.8 Å². The topological polar surface area (TPSA) is 67.3 Å². The molecule has 1 aliphatic rings. The summed E-state index contributed by atoms with van der Waals surface area (Å²) in [6.45, 7) is 7.67. The van der Waals surface area contributed by atoms with Crippen molar-refractivity contribution in [3.8, 4) is 0 Å². The van der Waals surface area contributed by atoms with Crippen molar-refractivity contribution < 1.29 is 9.53 Å². The van der Waals surface area contributed by atoms with Crippen LogP contribution in [0.4, 0.5) is 4.79 Å². The Balaban J connectivity index is 1.94. The average molecular weight is 375 g/mol. The molecule has 1 aromatic rings. The molecule has 1 fully saturated rings. The fraction of sp³-hybridized carbons (Fsp3) is 0.688. The van der Waals surface area contributed by atoms with Gasteiger partial charge in [-0.2, -0.15) is 0 Å². The molecule has 0 aliphatic carbocycles. The van der Waals surface area contributed by atoms with E-state index in [1.165, 1.54) is 0 Å². The Morgan fingerprint density at radius 1 is 1.42 bits per heavy atom. The van der Waals surface area contributed by atoms with Crippen LogP contribution in [0.3, 0.4) is 0 Å². The molecular weight excluding hydrogens is 351 g/mol. The maximum Gasteiger partial charge on any atom is 0.407 e. The van der Waals surface area contributed by atoms with Crippen LogP contribution in [0.1, 0.15) is 45.6 Å². The third-order valence-electron chi connectivity index (χ3n) is 3.79. The molecule has 8 heteroatoms. The van der Waals surface area contributed by atoms with Crippen molar-refractivity contribution in [2.45, 2.75) is 58.2 Å². The highest BCUT2D eigenvalue weighted by Crippen LogP contribution is 2.22. The van der Waals surface area contributed by atoms with Crippen molar-refractivity contribution >= 4 is 29.3 Å². The molecule has 2 heterocycles. The first-order chi connectivity index (χ1) is 11.2. The van der Waals surface area contributed by atoms with Gasteiger partial charge in [0.15, 0.2) is 0 Å². The predicted molar refractivity (Wildman–Crippen MR) is 94.3 cm³/mol. The average Bonchev–Trinajstić information content (AvgIpc) is 2.47. The number of nitrogens with zero attached hydrogens (tertiary/aromatic N) is 3. The summed E-state index contributed by atoms with van der Waals surface area (Å²) in [6, 6.07) is 0.234. The summed E-state index contributed by atoms with van der Waals surface area (Å²) in [5.41, 5.74) is 0.343. The van der Waals surface area contributed by atoms with Gasteiger partial charge in [0.25, 0.3) is 0 Å². The summed E-state index contributed by atoms with van der Waals surface area (Å²) in [5, 5.41) is 3.38. The number of likely N-dealkylation sites (tertiary alicyclic amines) is 1. The fourth-order valence-corrected chi connectivity index (χ4v) is 3.07. The molecule has 134 valence electrons. The zero-order valence-corrected chi connectivity index (χ0v) is 15.8. The number of alkyl carbamates (subject to hydrolysis) is 1. The van der Waals surface area contributed by atoms with Crippen LogP contribution in [0.15, 0.2) is 6.20 Å². The van der Waals surface area contributed by atoms with Crippen LogP contribution in [0, 0.1) is 0 Å². The molecule has 6 nitrogen and oxygen atoms in total. The van der Waals surface area contributed by atoms with Crippen molar-refractivity contribution in [3.63, 3.8) is 0 Å². The van der Waals surface area contributed by atoms with E-state index in [1.807, 2.05) is 20.8 Å². The number of carbonyl (C=O) groups excluding carboxylic acids is 1. The molecule has 1 atom stereocenters. The molecule has 0 saturated carbocycles. The number of halogens is 2. The highest BCUT2D eigenvalue weighted by Gasteiger charge is 2.25. The molecule has 1 unspecified atom stereocenters. The molecule has 0 spiro atoms. The second kappa shape index (κ2) is 8.32. The van der Waals surface area contributed by atoms with E-state index in [-0.39, 0.29) is 17.4 Å². The van der Waals surface area contributed by atoms with Crippen LogP contribution in [0.5, 0.6) is 0 Å². The molecule has 0 radical (unpaired) electrons. The normalized spacial score (nSPS) is 19.1. The van der Waals surface area contributed by atoms with E-state index in [0.717, 1.165) is 31.4 Å². The van der Waals surface area contributed by atoms with Gasteiger partial charge < -0.3 is 10.1 Å². The second-order valence-corrected chi connectivity index (χ2v) is 7.65. The van der Waals surface area contributed by atoms with Crippen LogP contribution in [-0.2, 0) is 11.3 Å². The Labute approximate surface area is 152 Å². The Bertz CT molecular complexity index is 578. The number of piperidine rings is 1. The molecule has 1 saturated heterocycles. The van der Waals surface area contributed by atoms with Crippen LogP contribution in [0.25, 0.3) is 0 Å². The highest BCUT2D eigenvalue weighted by atomic mass is 35.5. The first-order valence-corrected chi connectivity index (χ1v) is 8.88. The summed E-state index contributed by atoms with van der Waals surface area (Å²) >= 11 is 11.9. The quantitative estimate of drug-likeness (QED) is 0.643. The van der Waals surface area contributed by atoms with Gasteiger partial charge in [-0.1, -0.05) is 18.0 Å². The van der Waals surface area contributed by atoms with Crippen molar-refractivity contribution in [1.82, 2.24) is 20.2 Å². The number of nitrogens with one attached hydrogen (secondary N) is 1. The fourth-order valence-electron chi connectivity index (χ4n) is 2.71. The van der Waals surface area contributed by atoms with Gasteiger partial charge in [-0.15, -0.1) is 0 Å². The Morgan fingerprint density at radius 3 is 2.83 bits per heavy atom. The smallest absolute Gasteiger partial charge is 0.407 e. The molecular formula is C16H24Cl2N4O2. The van der Waals surface area contributed by atoms with Crippen molar-refractivity contribution in [3.05, 3.63) is 22.2 Å². The molecule has 24 heavy (non-hydrogen) atoms. The summed E-state index contributed by atoms with van der Waals surface area (Å²) in [6.07, 6.45) is 4.55. The lowest BCUT2D eigenvalue weighted by Gasteiger charge is -2.36. The minimum absolute atomic E-state index is 0.144. The second-order valence-electron chi connectivity index (χ2n) is 6.96. The SMILES string of the molecule is CC(C)(C)OC(=O)NCC1CCCCN1Cc1cnc(Cl)nc1Cl. The minimum Gasteiger partial charge on any atom is -0.444 e. The van der Waals surface area contributed by atoms with E-state index in [1.54, 1.807) is 6.20 Å². The van der Waals surface area contributed by atoms with Gasteiger partial charge in [0, 0.05) is 30.9 Å². The van der Waals surface area contributed by atoms with Crippen LogP contribution < -0.4 is 5.32 Å². The maximum atomic E-state index is 11.9. The van der Waals surface area contributed by atoms with Crippen molar-refractivity contribution in [2.75, 3.05) is 13.1 Å². The number of ether oxygens (including phenoxy) is 1. The number of hydrogen-bond acceptors (Lipinski definition) is 5. The van der Waals surface area contributed by atoms with Crippen LogP contribution in [0.2, 0.25) is 10.4 Å². The van der Waals surface area contributed by atoms with Gasteiger partial charge in [0.2, 0.25) is 5.28 Å². The third kappa shape index (κ3) is 6.07. The van der Waals surface area contributed by atoms with E-state index >= 15 is 0 Å². The summed E-state index contributed by atoms with van der Waals surface area (Å²) in [5.74, 6) is 0. The van der Waals surface area contributed by atoms with E-state index in [0.29, 0.717) is 18.2 Å². The minimum atomic E-state index is -0.496. The van der Waals surface area contributed by atoms with E-state index < -0.39 is 5.60 Å².